The Morgan fingerprint density at radius 3 is 1.28 bits per heavy atom. The molecule has 146 valence electrons. The van der Waals surface area contributed by atoms with Gasteiger partial charge in [0.15, 0.2) is 0 Å². The fourth-order valence-corrected chi connectivity index (χ4v) is 16.5. The first-order chi connectivity index (χ1) is 11.4. The van der Waals surface area contributed by atoms with Crippen LogP contribution in [0.3, 0.4) is 0 Å². The van der Waals surface area contributed by atoms with Gasteiger partial charge in [0.25, 0.3) is 0 Å². The van der Waals surface area contributed by atoms with Crippen LogP contribution in [0.15, 0.2) is 36.8 Å². The second kappa shape index (κ2) is 10.3. The van der Waals surface area contributed by atoms with E-state index in [1.807, 2.05) is 17.1 Å². The van der Waals surface area contributed by atoms with Gasteiger partial charge in [0, 0.05) is 6.04 Å². The molecule has 0 rings (SSSR count). The molecular formula is C18H40O3Si4. The van der Waals surface area contributed by atoms with Crippen molar-refractivity contribution >= 4 is 33.8 Å². The van der Waals surface area contributed by atoms with E-state index in [4.69, 9.17) is 12.3 Å². The Morgan fingerprint density at radius 1 is 0.640 bits per heavy atom. The Labute approximate surface area is 160 Å². The van der Waals surface area contributed by atoms with Crippen molar-refractivity contribution in [1.82, 2.24) is 0 Å². The Kier molecular flexibility index (Phi) is 10.3. The second-order valence-corrected chi connectivity index (χ2v) is 23.4. The topological polar surface area (TPSA) is 27.7 Å². The van der Waals surface area contributed by atoms with Crippen molar-refractivity contribution < 1.29 is 12.3 Å². The summed E-state index contributed by atoms with van der Waals surface area (Å²) in [5.74, 6) is 0. The third kappa shape index (κ3) is 10.0. The van der Waals surface area contributed by atoms with Crippen molar-refractivity contribution in [1.29, 1.82) is 0 Å². The van der Waals surface area contributed by atoms with Gasteiger partial charge in [0.1, 0.15) is 0 Å². The van der Waals surface area contributed by atoms with E-state index in [-0.39, 0.29) is 0 Å². The molecule has 0 amide bonds. The number of unbranched alkanes of at least 4 members (excludes halogenated alkanes) is 3. The lowest BCUT2D eigenvalue weighted by Gasteiger charge is -2.43. The van der Waals surface area contributed by atoms with Crippen LogP contribution in [0.4, 0.5) is 0 Å². The van der Waals surface area contributed by atoms with Crippen LogP contribution in [-0.4, -0.2) is 33.8 Å². The van der Waals surface area contributed by atoms with Crippen LogP contribution in [0.2, 0.25) is 45.3 Å². The van der Waals surface area contributed by atoms with Gasteiger partial charge in [-0.1, -0.05) is 43.3 Å². The van der Waals surface area contributed by atoms with Gasteiger partial charge >= 0.3 is 8.80 Å². The fourth-order valence-electron chi connectivity index (χ4n) is 2.31. The SMILES string of the molecule is C=C[Si](C)(C)O[Si](CCCCCC)(O[Si](C)(C)C=C)O[Si](C)(C)C=C. The van der Waals surface area contributed by atoms with Crippen molar-refractivity contribution in [3.05, 3.63) is 36.8 Å². The van der Waals surface area contributed by atoms with Crippen LogP contribution in [0.1, 0.15) is 32.6 Å². The van der Waals surface area contributed by atoms with E-state index in [1.165, 1.54) is 19.3 Å². The lowest BCUT2D eigenvalue weighted by atomic mass is 10.2. The van der Waals surface area contributed by atoms with Gasteiger partial charge in [-0.25, -0.2) is 0 Å². The maximum atomic E-state index is 6.72. The summed E-state index contributed by atoms with van der Waals surface area (Å²) in [7, 11) is -9.01. The zero-order chi connectivity index (χ0) is 19.8. The predicted octanol–water partition coefficient (Wildman–Crippen LogP) is 6.35. The molecule has 0 N–H and O–H groups in total. The molecule has 0 unspecified atom stereocenters. The maximum Gasteiger partial charge on any atom is 0.470 e. The van der Waals surface area contributed by atoms with Gasteiger partial charge < -0.3 is 12.3 Å². The standard InChI is InChI=1S/C18H40O3Si4/c1-11-15-16-17-18-25(19-22(5,6)12-2,20-23(7,8)13-3)21-24(9,10)14-4/h12-14H,2-4,11,15-18H2,1,5-10H3. The van der Waals surface area contributed by atoms with Gasteiger partial charge in [0.05, 0.1) is 0 Å². The summed E-state index contributed by atoms with van der Waals surface area (Å²) in [6.07, 6.45) is 4.70. The monoisotopic (exact) mass is 416 g/mol. The Morgan fingerprint density at radius 2 is 1.00 bits per heavy atom. The van der Waals surface area contributed by atoms with Crippen LogP contribution >= 0.6 is 0 Å². The first-order valence-electron chi connectivity index (χ1n) is 9.38. The largest absolute Gasteiger partial charge is 0.470 e. The molecule has 3 nitrogen and oxygen atoms in total. The minimum Gasteiger partial charge on any atom is -0.413 e. The summed E-state index contributed by atoms with van der Waals surface area (Å²) >= 11 is 0. The molecule has 7 heteroatoms. The van der Waals surface area contributed by atoms with E-state index < -0.39 is 33.8 Å². The quantitative estimate of drug-likeness (QED) is 0.244. The highest BCUT2D eigenvalue weighted by Crippen LogP contribution is 2.31. The van der Waals surface area contributed by atoms with E-state index in [0.29, 0.717) is 0 Å². The third-order valence-corrected chi connectivity index (χ3v) is 18.0. The minimum absolute atomic E-state index is 0.867. The van der Waals surface area contributed by atoms with Gasteiger partial charge in [-0.3, -0.25) is 0 Å². The van der Waals surface area contributed by atoms with E-state index in [1.54, 1.807) is 0 Å². The lowest BCUT2D eigenvalue weighted by Crippen LogP contribution is -2.61. The van der Waals surface area contributed by atoms with Crippen molar-refractivity contribution in [3.8, 4) is 0 Å². The molecule has 0 radical (unpaired) electrons. The second-order valence-electron chi connectivity index (χ2n) is 8.22. The summed E-state index contributed by atoms with van der Waals surface area (Å²) in [6, 6.07) is 0.867. The summed E-state index contributed by atoms with van der Waals surface area (Å²) in [5.41, 5.74) is 5.91. The van der Waals surface area contributed by atoms with Crippen molar-refractivity contribution in [3.63, 3.8) is 0 Å². The number of rotatable bonds is 14. The Balaban J connectivity index is 5.77. The van der Waals surface area contributed by atoms with Crippen molar-refractivity contribution in [2.24, 2.45) is 0 Å². The molecule has 0 aromatic carbocycles. The molecule has 0 heterocycles. The first kappa shape index (κ1) is 25.0. The van der Waals surface area contributed by atoms with Crippen molar-refractivity contribution in [2.75, 3.05) is 0 Å². The molecule has 0 fully saturated rings. The Bertz CT molecular complexity index is 393. The van der Waals surface area contributed by atoms with Gasteiger partial charge in [-0.2, -0.15) is 0 Å². The van der Waals surface area contributed by atoms with E-state index in [2.05, 4.69) is 65.9 Å². The summed E-state index contributed by atoms with van der Waals surface area (Å²) in [6.45, 7) is 27.1. The molecule has 0 bridgehead atoms. The van der Waals surface area contributed by atoms with Gasteiger partial charge in [-0.15, -0.1) is 19.7 Å². The summed E-state index contributed by atoms with van der Waals surface area (Å²) < 4.78 is 20.2. The summed E-state index contributed by atoms with van der Waals surface area (Å²) in [5, 5.41) is 0. The molecule has 25 heavy (non-hydrogen) atoms. The molecule has 0 aromatic heterocycles. The van der Waals surface area contributed by atoms with Crippen LogP contribution in [-0.2, 0) is 12.3 Å². The lowest BCUT2D eigenvalue weighted by molar-refractivity contribution is 0.253. The number of hydrogen-bond acceptors (Lipinski definition) is 3. The van der Waals surface area contributed by atoms with Crippen molar-refractivity contribution in [2.45, 2.75) is 77.9 Å². The van der Waals surface area contributed by atoms with Gasteiger partial charge in [0.2, 0.25) is 25.0 Å². The molecule has 0 aromatic rings. The van der Waals surface area contributed by atoms with Crippen LogP contribution in [0.5, 0.6) is 0 Å². The van der Waals surface area contributed by atoms with Crippen LogP contribution in [0.25, 0.3) is 0 Å². The van der Waals surface area contributed by atoms with E-state index >= 15 is 0 Å². The van der Waals surface area contributed by atoms with E-state index in [0.717, 1.165) is 12.5 Å². The number of hydrogen-bond donors (Lipinski definition) is 0. The highest BCUT2D eigenvalue weighted by atomic mass is 28.5. The smallest absolute Gasteiger partial charge is 0.413 e. The van der Waals surface area contributed by atoms with Crippen LogP contribution in [0, 0.1) is 0 Å². The summed E-state index contributed by atoms with van der Waals surface area (Å²) in [4.78, 5) is 0. The van der Waals surface area contributed by atoms with E-state index in [9.17, 15) is 0 Å². The average Bonchev–Trinajstić information content (AvgIpc) is 2.50. The van der Waals surface area contributed by atoms with Crippen LogP contribution < -0.4 is 0 Å². The Hall–Kier alpha value is -0.0325. The molecule has 0 saturated heterocycles. The molecule has 0 spiro atoms. The zero-order valence-corrected chi connectivity index (χ0v) is 21.6. The van der Waals surface area contributed by atoms with Gasteiger partial charge in [-0.05, 0) is 45.7 Å². The molecule has 0 aliphatic heterocycles. The normalized spacial score (nSPS) is 13.6. The zero-order valence-electron chi connectivity index (χ0n) is 17.6. The molecular weight excluding hydrogens is 377 g/mol. The highest BCUT2D eigenvalue weighted by Gasteiger charge is 2.50. The first-order valence-corrected chi connectivity index (χ1v) is 20.3. The third-order valence-electron chi connectivity index (χ3n) is 4.07. The molecule has 0 aliphatic rings. The maximum absolute atomic E-state index is 6.72. The predicted molar refractivity (Wildman–Crippen MR) is 121 cm³/mol. The molecule has 0 saturated carbocycles. The fraction of sp³-hybridized carbons (Fsp3) is 0.667. The highest BCUT2D eigenvalue weighted by molar-refractivity contribution is 6.93. The minimum atomic E-state index is -2.84. The molecule has 0 aliphatic carbocycles. The average molecular weight is 417 g/mol. The molecule has 0 atom stereocenters.